The van der Waals surface area contributed by atoms with Crippen LogP contribution in [0.4, 0.5) is 13.2 Å². The molecule has 1 heterocycles. The first-order valence-corrected chi connectivity index (χ1v) is 7.74. The monoisotopic (exact) mass is 343 g/mol. The summed E-state index contributed by atoms with van der Waals surface area (Å²) in [6, 6.07) is 17.3. The fourth-order valence-corrected chi connectivity index (χ4v) is 2.82. The second-order valence-electron chi connectivity index (χ2n) is 5.83. The van der Waals surface area contributed by atoms with E-state index in [1.807, 2.05) is 30.3 Å². The predicted octanol–water partition coefficient (Wildman–Crippen LogP) is 4.58. The molecule has 0 saturated heterocycles. The van der Waals surface area contributed by atoms with Gasteiger partial charge in [-0.2, -0.15) is 13.2 Å². The van der Waals surface area contributed by atoms with Gasteiger partial charge in [0.1, 0.15) is 5.60 Å². The average molecular weight is 343 g/mol. The van der Waals surface area contributed by atoms with Crippen molar-refractivity contribution in [2.24, 2.45) is 0 Å². The van der Waals surface area contributed by atoms with E-state index in [2.05, 4.69) is 4.98 Å². The Balaban J connectivity index is 2.05. The predicted molar refractivity (Wildman–Crippen MR) is 88.8 cm³/mol. The first-order chi connectivity index (χ1) is 11.9. The Morgan fingerprint density at radius 2 is 1.24 bits per heavy atom. The minimum Gasteiger partial charge on any atom is -0.380 e. The van der Waals surface area contributed by atoms with Crippen LogP contribution in [0.15, 0.2) is 79.1 Å². The van der Waals surface area contributed by atoms with Crippen LogP contribution in [0.5, 0.6) is 0 Å². The average Bonchev–Trinajstić information content (AvgIpc) is 2.62. The van der Waals surface area contributed by atoms with Crippen molar-refractivity contribution in [1.82, 2.24) is 4.98 Å². The summed E-state index contributed by atoms with van der Waals surface area (Å²) >= 11 is 0. The Hall–Kier alpha value is -2.66. The van der Waals surface area contributed by atoms with Gasteiger partial charge in [0, 0.05) is 18.8 Å². The van der Waals surface area contributed by atoms with E-state index in [0.29, 0.717) is 11.1 Å². The van der Waals surface area contributed by atoms with Crippen molar-refractivity contribution in [3.05, 3.63) is 101 Å². The van der Waals surface area contributed by atoms with E-state index in [1.165, 1.54) is 12.1 Å². The van der Waals surface area contributed by atoms with Gasteiger partial charge in [0.05, 0.1) is 5.56 Å². The van der Waals surface area contributed by atoms with Crippen LogP contribution in [0.1, 0.15) is 22.3 Å². The third kappa shape index (κ3) is 3.72. The molecule has 0 aliphatic rings. The standard InChI is InChI=1S/C20H16F3NO/c21-20(22,23)18-8-6-16(7-9-18)19(25,17-10-12-24-13-11-17)14-15-4-2-1-3-5-15/h1-13,25H,14H2. The van der Waals surface area contributed by atoms with E-state index in [9.17, 15) is 18.3 Å². The number of benzene rings is 2. The van der Waals surface area contributed by atoms with Crippen molar-refractivity contribution in [3.63, 3.8) is 0 Å². The number of alkyl halides is 3. The Kier molecular flexibility index (Phi) is 4.59. The van der Waals surface area contributed by atoms with E-state index in [0.717, 1.165) is 17.7 Å². The molecule has 128 valence electrons. The number of halogens is 3. The molecule has 0 saturated carbocycles. The van der Waals surface area contributed by atoms with Gasteiger partial charge in [-0.15, -0.1) is 0 Å². The lowest BCUT2D eigenvalue weighted by atomic mass is 9.81. The summed E-state index contributed by atoms with van der Waals surface area (Å²) in [4.78, 5) is 3.95. The summed E-state index contributed by atoms with van der Waals surface area (Å²) in [5.74, 6) is 0. The highest BCUT2D eigenvalue weighted by molar-refractivity contribution is 5.39. The van der Waals surface area contributed by atoms with Crippen molar-refractivity contribution in [1.29, 1.82) is 0 Å². The molecule has 1 aromatic heterocycles. The molecule has 1 atom stereocenters. The van der Waals surface area contributed by atoms with E-state index < -0.39 is 17.3 Å². The molecule has 2 aromatic carbocycles. The number of aromatic nitrogens is 1. The third-order valence-electron chi connectivity index (χ3n) is 4.15. The lowest BCUT2D eigenvalue weighted by molar-refractivity contribution is -0.137. The van der Waals surface area contributed by atoms with Gasteiger partial charge < -0.3 is 5.11 Å². The molecule has 0 spiro atoms. The quantitative estimate of drug-likeness (QED) is 0.752. The Bertz CT molecular complexity index is 817. The van der Waals surface area contributed by atoms with Crippen LogP contribution in [-0.2, 0) is 18.2 Å². The minimum atomic E-state index is -4.41. The molecule has 0 aliphatic heterocycles. The lowest BCUT2D eigenvalue weighted by Gasteiger charge is -2.30. The van der Waals surface area contributed by atoms with Gasteiger partial charge in [0.15, 0.2) is 0 Å². The van der Waals surface area contributed by atoms with Gasteiger partial charge in [0.2, 0.25) is 0 Å². The molecular weight excluding hydrogens is 327 g/mol. The summed E-state index contributed by atoms with van der Waals surface area (Å²) in [7, 11) is 0. The van der Waals surface area contributed by atoms with E-state index in [4.69, 9.17) is 0 Å². The second-order valence-corrected chi connectivity index (χ2v) is 5.83. The zero-order valence-corrected chi connectivity index (χ0v) is 13.2. The fraction of sp³-hybridized carbons (Fsp3) is 0.150. The molecule has 3 rings (SSSR count). The molecule has 0 radical (unpaired) electrons. The van der Waals surface area contributed by atoms with Crippen LogP contribution in [0.2, 0.25) is 0 Å². The normalized spacial score (nSPS) is 14.1. The van der Waals surface area contributed by atoms with Crippen molar-refractivity contribution in [2.75, 3.05) is 0 Å². The third-order valence-corrected chi connectivity index (χ3v) is 4.15. The lowest BCUT2D eigenvalue weighted by Crippen LogP contribution is -2.30. The van der Waals surface area contributed by atoms with Crippen molar-refractivity contribution in [3.8, 4) is 0 Å². The first kappa shape index (κ1) is 17.2. The number of hydrogen-bond acceptors (Lipinski definition) is 2. The van der Waals surface area contributed by atoms with Crippen LogP contribution in [-0.4, -0.2) is 10.1 Å². The number of pyridine rings is 1. The van der Waals surface area contributed by atoms with Gasteiger partial charge in [-0.1, -0.05) is 42.5 Å². The van der Waals surface area contributed by atoms with Crippen LogP contribution in [0, 0.1) is 0 Å². The van der Waals surface area contributed by atoms with Crippen LogP contribution in [0.3, 0.4) is 0 Å². The Morgan fingerprint density at radius 1 is 0.720 bits per heavy atom. The minimum absolute atomic E-state index is 0.239. The highest BCUT2D eigenvalue weighted by Crippen LogP contribution is 2.35. The SMILES string of the molecule is OC(Cc1ccccc1)(c1ccncc1)c1ccc(C(F)(F)F)cc1. The fourth-order valence-electron chi connectivity index (χ4n) is 2.82. The summed E-state index contributed by atoms with van der Waals surface area (Å²) in [6.45, 7) is 0. The maximum absolute atomic E-state index is 12.8. The highest BCUT2D eigenvalue weighted by atomic mass is 19.4. The largest absolute Gasteiger partial charge is 0.416 e. The molecule has 0 aliphatic carbocycles. The number of aliphatic hydroxyl groups is 1. The van der Waals surface area contributed by atoms with Gasteiger partial charge in [-0.3, -0.25) is 4.98 Å². The second kappa shape index (κ2) is 6.69. The van der Waals surface area contributed by atoms with Crippen molar-refractivity contribution < 1.29 is 18.3 Å². The van der Waals surface area contributed by atoms with E-state index >= 15 is 0 Å². The smallest absolute Gasteiger partial charge is 0.380 e. The van der Waals surface area contributed by atoms with E-state index in [1.54, 1.807) is 24.5 Å². The number of nitrogens with zero attached hydrogens (tertiary/aromatic N) is 1. The molecule has 1 unspecified atom stereocenters. The zero-order chi connectivity index (χ0) is 17.9. The topological polar surface area (TPSA) is 33.1 Å². The molecule has 3 aromatic rings. The maximum atomic E-state index is 12.8. The van der Waals surface area contributed by atoms with Crippen LogP contribution >= 0.6 is 0 Å². The number of hydrogen-bond donors (Lipinski definition) is 1. The Morgan fingerprint density at radius 3 is 1.80 bits per heavy atom. The maximum Gasteiger partial charge on any atom is 0.416 e. The van der Waals surface area contributed by atoms with E-state index in [-0.39, 0.29) is 6.42 Å². The summed E-state index contributed by atoms with van der Waals surface area (Å²) in [6.07, 6.45) is -1.07. The summed E-state index contributed by atoms with van der Waals surface area (Å²) in [5.41, 5.74) is -0.342. The molecule has 25 heavy (non-hydrogen) atoms. The highest BCUT2D eigenvalue weighted by Gasteiger charge is 2.34. The molecule has 2 nitrogen and oxygen atoms in total. The van der Waals surface area contributed by atoms with Gasteiger partial charge in [-0.05, 0) is 41.0 Å². The van der Waals surface area contributed by atoms with Crippen LogP contribution in [0.25, 0.3) is 0 Å². The van der Waals surface area contributed by atoms with Crippen molar-refractivity contribution in [2.45, 2.75) is 18.2 Å². The molecular formula is C20H16F3NO. The zero-order valence-electron chi connectivity index (χ0n) is 13.2. The summed E-state index contributed by atoms with van der Waals surface area (Å²) in [5, 5.41) is 11.4. The molecule has 0 amide bonds. The molecule has 1 N–H and O–H groups in total. The number of rotatable bonds is 4. The first-order valence-electron chi connectivity index (χ1n) is 7.74. The molecule has 0 fully saturated rings. The van der Waals surface area contributed by atoms with Crippen LogP contribution < -0.4 is 0 Å². The molecule has 0 bridgehead atoms. The van der Waals surface area contributed by atoms with Gasteiger partial charge in [0.25, 0.3) is 0 Å². The Labute approximate surface area is 143 Å². The van der Waals surface area contributed by atoms with Gasteiger partial charge in [-0.25, -0.2) is 0 Å². The summed E-state index contributed by atoms with van der Waals surface area (Å²) < 4.78 is 38.4. The molecule has 5 heteroatoms. The van der Waals surface area contributed by atoms with Crippen molar-refractivity contribution >= 4 is 0 Å². The van der Waals surface area contributed by atoms with Gasteiger partial charge >= 0.3 is 6.18 Å².